The number of nitrogens with zero attached hydrogens (tertiary/aromatic N) is 1. The molecule has 2 aromatic carbocycles. The van der Waals surface area contributed by atoms with Gasteiger partial charge in [0.25, 0.3) is 0 Å². The van der Waals surface area contributed by atoms with Crippen LogP contribution in [-0.4, -0.2) is 10.1 Å². The molecule has 0 aliphatic carbocycles. The summed E-state index contributed by atoms with van der Waals surface area (Å²) in [6, 6.07) is 17.2. The second kappa shape index (κ2) is 4.98. The van der Waals surface area contributed by atoms with Crippen LogP contribution in [0.25, 0.3) is 10.9 Å². The van der Waals surface area contributed by atoms with Crippen molar-refractivity contribution in [3.8, 4) is 5.75 Å². The van der Waals surface area contributed by atoms with Gasteiger partial charge in [-0.05, 0) is 29.8 Å². The van der Waals surface area contributed by atoms with Crippen molar-refractivity contribution in [2.75, 3.05) is 5.32 Å². The van der Waals surface area contributed by atoms with E-state index < -0.39 is 0 Å². The van der Waals surface area contributed by atoms with E-state index in [1.807, 2.05) is 42.6 Å². The number of nitrogens with one attached hydrogen (secondary N) is 1. The molecule has 3 aromatic rings. The van der Waals surface area contributed by atoms with Crippen molar-refractivity contribution in [3.63, 3.8) is 0 Å². The Morgan fingerprint density at radius 2 is 1.89 bits per heavy atom. The molecule has 0 fully saturated rings. The van der Waals surface area contributed by atoms with Gasteiger partial charge in [-0.2, -0.15) is 0 Å². The van der Waals surface area contributed by atoms with Gasteiger partial charge >= 0.3 is 0 Å². The minimum absolute atomic E-state index is 0.268. The fraction of sp³-hybridized carbons (Fsp3) is 0.0625. The van der Waals surface area contributed by atoms with Gasteiger partial charge in [0.15, 0.2) is 0 Å². The molecule has 0 saturated carbocycles. The maximum atomic E-state index is 9.43. The second-order valence-electron chi connectivity index (χ2n) is 4.39. The van der Waals surface area contributed by atoms with E-state index in [0.29, 0.717) is 6.54 Å². The maximum absolute atomic E-state index is 9.43. The molecule has 3 nitrogen and oxygen atoms in total. The predicted molar refractivity (Wildman–Crippen MR) is 77.2 cm³/mol. The monoisotopic (exact) mass is 250 g/mol. The van der Waals surface area contributed by atoms with Gasteiger partial charge in [0.1, 0.15) is 5.75 Å². The SMILES string of the molecule is Oc1cccc(NCc2ccnc3ccccc23)c1. The average Bonchev–Trinajstić information content (AvgIpc) is 2.45. The van der Waals surface area contributed by atoms with Crippen LogP contribution < -0.4 is 5.32 Å². The van der Waals surface area contributed by atoms with Gasteiger partial charge < -0.3 is 10.4 Å². The first-order valence-corrected chi connectivity index (χ1v) is 6.18. The van der Waals surface area contributed by atoms with Crippen molar-refractivity contribution in [3.05, 3.63) is 66.4 Å². The number of rotatable bonds is 3. The first-order chi connectivity index (χ1) is 9.33. The van der Waals surface area contributed by atoms with Crippen LogP contribution in [0.15, 0.2) is 60.8 Å². The van der Waals surface area contributed by atoms with Crippen LogP contribution in [0.5, 0.6) is 5.75 Å². The van der Waals surface area contributed by atoms with E-state index in [-0.39, 0.29) is 5.75 Å². The van der Waals surface area contributed by atoms with E-state index in [2.05, 4.69) is 16.4 Å². The summed E-state index contributed by atoms with van der Waals surface area (Å²) >= 11 is 0. The Balaban J connectivity index is 1.86. The Labute approximate surface area is 111 Å². The fourth-order valence-corrected chi connectivity index (χ4v) is 2.12. The zero-order valence-electron chi connectivity index (χ0n) is 10.4. The van der Waals surface area contributed by atoms with Gasteiger partial charge in [-0.1, -0.05) is 24.3 Å². The van der Waals surface area contributed by atoms with E-state index in [1.165, 1.54) is 5.56 Å². The highest BCUT2D eigenvalue weighted by Gasteiger charge is 2.01. The topological polar surface area (TPSA) is 45.1 Å². The summed E-state index contributed by atoms with van der Waals surface area (Å²) in [7, 11) is 0. The number of aromatic nitrogens is 1. The Morgan fingerprint density at radius 1 is 1.00 bits per heavy atom. The zero-order valence-corrected chi connectivity index (χ0v) is 10.4. The third kappa shape index (κ3) is 2.50. The highest BCUT2D eigenvalue weighted by atomic mass is 16.3. The standard InChI is InChI=1S/C16H14N2O/c19-14-5-3-4-13(10-14)18-11-12-8-9-17-16-7-2-1-6-15(12)16/h1-10,18-19H,11H2. The lowest BCUT2D eigenvalue weighted by Gasteiger charge is -2.09. The number of pyridine rings is 1. The van der Waals surface area contributed by atoms with Crippen LogP contribution in [-0.2, 0) is 6.54 Å². The number of fused-ring (bicyclic) bond motifs is 1. The van der Waals surface area contributed by atoms with Crippen molar-refractivity contribution in [1.82, 2.24) is 4.98 Å². The van der Waals surface area contributed by atoms with Crippen molar-refractivity contribution in [1.29, 1.82) is 0 Å². The number of benzene rings is 2. The lowest BCUT2D eigenvalue weighted by molar-refractivity contribution is 0.475. The molecule has 0 radical (unpaired) electrons. The molecule has 3 rings (SSSR count). The lowest BCUT2D eigenvalue weighted by Crippen LogP contribution is -2.00. The van der Waals surface area contributed by atoms with Crippen molar-refractivity contribution in [2.24, 2.45) is 0 Å². The van der Waals surface area contributed by atoms with Gasteiger partial charge in [0.2, 0.25) is 0 Å². The number of aromatic hydroxyl groups is 1. The molecule has 0 atom stereocenters. The Bertz CT molecular complexity index is 704. The van der Waals surface area contributed by atoms with E-state index >= 15 is 0 Å². The number of hydrogen-bond donors (Lipinski definition) is 2. The van der Waals surface area contributed by atoms with Crippen molar-refractivity contribution in [2.45, 2.75) is 6.54 Å². The molecular weight excluding hydrogens is 236 g/mol. The van der Waals surface area contributed by atoms with Gasteiger partial charge in [0, 0.05) is 29.9 Å². The number of phenols is 1. The zero-order chi connectivity index (χ0) is 13.1. The molecule has 1 aromatic heterocycles. The van der Waals surface area contributed by atoms with Crippen LogP contribution in [0.2, 0.25) is 0 Å². The van der Waals surface area contributed by atoms with E-state index in [1.54, 1.807) is 12.1 Å². The first-order valence-electron chi connectivity index (χ1n) is 6.18. The molecule has 2 N–H and O–H groups in total. The molecule has 0 aliphatic heterocycles. The molecule has 0 aliphatic rings. The van der Waals surface area contributed by atoms with Crippen LogP contribution in [0.4, 0.5) is 5.69 Å². The fourth-order valence-electron chi connectivity index (χ4n) is 2.12. The molecule has 0 spiro atoms. The number of phenolic OH excluding ortho intramolecular Hbond substituents is 1. The van der Waals surface area contributed by atoms with Gasteiger partial charge in [-0.3, -0.25) is 4.98 Å². The minimum atomic E-state index is 0.268. The molecule has 94 valence electrons. The van der Waals surface area contributed by atoms with E-state index in [0.717, 1.165) is 16.6 Å². The molecule has 3 heteroatoms. The third-order valence-corrected chi connectivity index (χ3v) is 3.07. The number of hydrogen-bond acceptors (Lipinski definition) is 3. The minimum Gasteiger partial charge on any atom is -0.508 e. The van der Waals surface area contributed by atoms with Gasteiger partial charge in [0.05, 0.1) is 5.52 Å². The number of anilines is 1. The molecule has 0 unspecified atom stereocenters. The van der Waals surface area contributed by atoms with Crippen LogP contribution in [0.3, 0.4) is 0 Å². The van der Waals surface area contributed by atoms with Crippen molar-refractivity contribution < 1.29 is 5.11 Å². The Hall–Kier alpha value is -2.55. The molecular formula is C16H14N2O. The first kappa shape index (κ1) is 11.5. The molecule has 19 heavy (non-hydrogen) atoms. The normalized spacial score (nSPS) is 10.5. The van der Waals surface area contributed by atoms with Crippen LogP contribution in [0.1, 0.15) is 5.56 Å². The second-order valence-corrected chi connectivity index (χ2v) is 4.39. The highest BCUT2D eigenvalue weighted by Crippen LogP contribution is 2.19. The molecule has 0 bridgehead atoms. The summed E-state index contributed by atoms with van der Waals surface area (Å²) in [5.74, 6) is 0.268. The average molecular weight is 250 g/mol. The Morgan fingerprint density at radius 3 is 2.79 bits per heavy atom. The quantitative estimate of drug-likeness (QED) is 0.747. The summed E-state index contributed by atoms with van der Waals surface area (Å²) in [6.07, 6.45) is 1.82. The summed E-state index contributed by atoms with van der Waals surface area (Å²) in [4.78, 5) is 4.34. The highest BCUT2D eigenvalue weighted by molar-refractivity contribution is 5.82. The van der Waals surface area contributed by atoms with Crippen LogP contribution >= 0.6 is 0 Å². The summed E-state index contributed by atoms with van der Waals surface area (Å²) in [5, 5.41) is 13.9. The maximum Gasteiger partial charge on any atom is 0.117 e. The van der Waals surface area contributed by atoms with Crippen LogP contribution in [0, 0.1) is 0 Å². The molecule has 0 saturated heterocycles. The lowest BCUT2D eigenvalue weighted by atomic mass is 10.1. The van der Waals surface area contributed by atoms with E-state index in [9.17, 15) is 5.11 Å². The predicted octanol–water partition coefficient (Wildman–Crippen LogP) is 3.55. The molecule has 0 amide bonds. The smallest absolute Gasteiger partial charge is 0.117 e. The number of para-hydroxylation sites is 1. The van der Waals surface area contributed by atoms with Gasteiger partial charge in [-0.15, -0.1) is 0 Å². The third-order valence-electron chi connectivity index (χ3n) is 3.07. The Kier molecular flexibility index (Phi) is 3.02. The largest absolute Gasteiger partial charge is 0.508 e. The van der Waals surface area contributed by atoms with Crippen molar-refractivity contribution >= 4 is 16.6 Å². The molecule has 1 heterocycles. The van der Waals surface area contributed by atoms with E-state index in [4.69, 9.17) is 0 Å². The summed E-state index contributed by atoms with van der Waals surface area (Å²) in [6.45, 7) is 0.701. The van der Waals surface area contributed by atoms with Gasteiger partial charge in [-0.25, -0.2) is 0 Å². The summed E-state index contributed by atoms with van der Waals surface area (Å²) < 4.78 is 0. The summed E-state index contributed by atoms with van der Waals surface area (Å²) in [5.41, 5.74) is 3.09.